The third-order valence-electron chi connectivity index (χ3n) is 2.25. The monoisotopic (exact) mass is 251 g/mol. The van der Waals surface area contributed by atoms with E-state index in [0.29, 0.717) is 21.9 Å². The Morgan fingerprint density at radius 1 is 1.38 bits per heavy atom. The molecule has 0 aliphatic rings. The minimum absolute atomic E-state index is 0.277. The maximum Gasteiger partial charge on any atom is 0.325 e. The van der Waals surface area contributed by atoms with Crippen LogP contribution in [0, 0.1) is 0 Å². The van der Waals surface area contributed by atoms with Gasteiger partial charge in [-0.05, 0) is 17.5 Å². The summed E-state index contributed by atoms with van der Waals surface area (Å²) < 4.78 is 0. The Morgan fingerprint density at radius 3 is 3.00 bits per heavy atom. The van der Waals surface area contributed by atoms with Crippen LogP contribution in [0.1, 0.15) is 0 Å². The fourth-order valence-electron chi connectivity index (χ4n) is 1.54. The largest absolute Gasteiger partial charge is 0.325 e. The normalized spacial score (nSPS) is 11.1. The highest BCUT2D eigenvalue weighted by Gasteiger charge is 2.09. The second-order valence-electron chi connectivity index (χ2n) is 3.31. The lowest BCUT2D eigenvalue weighted by molar-refractivity contribution is 1.20. The summed E-state index contributed by atoms with van der Waals surface area (Å²) in [7, 11) is 0. The van der Waals surface area contributed by atoms with Crippen LogP contribution in [-0.2, 0) is 0 Å². The van der Waals surface area contributed by atoms with Crippen molar-refractivity contribution in [3.05, 3.63) is 38.4 Å². The molecule has 0 amide bonds. The van der Waals surface area contributed by atoms with Gasteiger partial charge in [-0.3, -0.25) is 4.98 Å². The van der Waals surface area contributed by atoms with Crippen molar-refractivity contribution in [3.8, 4) is 11.3 Å². The lowest BCUT2D eigenvalue weighted by atomic mass is 10.2. The highest BCUT2D eigenvalue weighted by molar-refractivity contribution is 7.08. The van der Waals surface area contributed by atoms with E-state index >= 15 is 0 Å². The zero-order valence-corrected chi connectivity index (χ0v) is 9.52. The van der Waals surface area contributed by atoms with E-state index < -0.39 is 0 Å². The predicted molar refractivity (Wildman–Crippen MR) is 65.0 cm³/mol. The van der Waals surface area contributed by atoms with Crippen LogP contribution in [0.15, 0.2) is 27.7 Å². The summed E-state index contributed by atoms with van der Waals surface area (Å²) in [6.07, 6.45) is 0. The van der Waals surface area contributed by atoms with Crippen molar-refractivity contribution in [2.24, 2.45) is 0 Å². The molecule has 80 valence electrons. The molecular formula is C10H6ClN3OS. The first kappa shape index (κ1) is 9.62. The van der Waals surface area contributed by atoms with Gasteiger partial charge in [0, 0.05) is 10.9 Å². The van der Waals surface area contributed by atoms with Gasteiger partial charge in [0.2, 0.25) is 0 Å². The Hall–Kier alpha value is -1.59. The van der Waals surface area contributed by atoms with Crippen LogP contribution in [-0.4, -0.2) is 15.0 Å². The number of aromatic amines is 2. The molecule has 0 aromatic carbocycles. The molecule has 2 N–H and O–H groups in total. The van der Waals surface area contributed by atoms with E-state index in [9.17, 15) is 4.79 Å². The van der Waals surface area contributed by atoms with Gasteiger partial charge in [0.05, 0.1) is 16.2 Å². The number of nitrogens with one attached hydrogen (secondary N) is 2. The number of imidazole rings is 1. The summed E-state index contributed by atoms with van der Waals surface area (Å²) in [6.45, 7) is 0. The molecule has 0 saturated heterocycles. The fraction of sp³-hybridized carbons (Fsp3) is 0. The smallest absolute Gasteiger partial charge is 0.304 e. The molecule has 0 atom stereocenters. The van der Waals surface area contributed by atoms with Crippen LogP contribution in [0.5, 0.6) is 0 Å². The molecule has 3 rings (SSSR count). The Labute approximate surface area is 98.9 Å². The number of aromatic nitrogens is 3. The van der Waals surface area contributed by atoms with Gasteiger partial charge >= 0.3 is 5.69 Å². The van der Waals surface area contributed by atoms with Gasteiger partial charge in [-0.1, -0.05) is 11.6 Å². The van der Waals surface area contributed by atoms with Crippen LogP contribution in [0.3, 0.4) is 0 Å². The molecule has 0 radical (unpaired) electrons. The van der Waals surface area contributed by atoms with Gasteiger partial charge in [-0.2, -0.15) is 11.3 Å². The van der Waals surface area contributed by atoms with E-state index in [2.05, 4.69) is 15.0 Å². The van der Waals surface area contributed by atoms with Crippen LogP contribution < -0.4 is 5.69 Å². The van der Waals surface area contributed by atoms with Crippen LogP contribution in [0.2, 0.25) is 5.02 Å². The Bertz CT molecular complexity index is 698. The van der Waals surface area contributed by atoms with Gasteiger partial charge in [0.1, 0.15) is 0 Å². The lowest BCUT2D eigenvalue weighted by Crippen LogP contribution is -1.99. The van der Waals surface area contributed by atoms with Crippen molar-refractivity contribution < 1.29 is 0 Å². The molecule has 0 aliphatic carbocycles. The SMILES string of the molecule is O=c1[nH]c2cc(Cl)c(-c3ccsc3)nc2[nH]1. The Kier molecular flexibility index (Phi) is 2.08. The van der Waals surface area contributed by atoms with Gasteiger partial charge in [-0.15, -0.1) is 0 Å². The zero-order chi connectivity index (χ0) is 11.1. The van der Waals surface area contributed by atoms with Crippen LogP contribution >= 0.6 is 22.9 Å². The first-order valence-electron chi connectivity index (χ1n) is 4.55. The van der Waals surface area contributed by atoms with Crippen molar-refractivity contribution in [1.29, 1.82) is 0 Å². The van der Waals surface area contributed by atoms with E-state index in [1.807, 2.05) is 16.8 Å². The summed E-state index contributed by atoms with van der Waals surface area (Å²) in [5, 5.41) is 4.45. The third-order valence-corrected chi connectivity index (χ3v) is 3.22. The first-order chi connectivity index (χ1) is 7.74. The number of fused-ring (bicyclic) bond motifs is 1. The first-order valence-corrected chi connectivity index (χ1v) is 5.87. The average Bonchev–Trinajstić information content (AvgIpc) is 2.83. The second kappa shape index (κ2) is 3.47. The topological polar surface area (TPSA) is 61.5 Å². The molecule has 0 aliphatic heterocycles. The maximum absolute atomic E-state index is 11.1. The van der Waals surface area contributed by atoms with E-state index in [0.717, 1.165) is 5.56 Å². The predicted octanol–water partition coefficient (Wildman–Crippen LogP) is 2.63. The second-order valence-corrected chi connectivity index (χ2v) is 4.49. The molecule has 4 nitrogen and oxygen atoms in total. The molecule has 16 heavy (non-hydrogen) atoms. The van der Waals surface area contributed by atoms with Crippen LogP contribution in [0.25, 0.3) is 22.4 Å². The minimum Gasteiger partial charge on any atom is -0.304 e. The summed E-state index contributed by atoms with van der Waals surface area (Å²) >= 11 is 7.69. The van der Waals surface area contributed by atoms with Crippen molar-refractivity contribution in [1.82, 2.24) is 15.0 Å². The van der Waals surface area contributed by atoms with Crippen molar-refractivity contribution in [3.63, 3.8) is 0 Å². The number of hydrogen-bond acceptors (Lipinski definition) is 3. The number of thiophene rings is 1. The van der Waals surface area contributed by atoms with Gasteiger partial charge < -0.3 is 4.98 Å². The van der Waals surface area contributed by atoms with E-state index in [-0.39, 0.29) is 5.69 Å². The molecular weight excluding hydrogens is 246 g/mol. The van der Waals surface area contributed by atoms with Crippen molar-refractivity contribution in [2.45, 2.75) is 0 Å². The minimum atomic E-state index is -0.277. The summed E-state index contributed by atoms with van der Waals surface area (Å²) in [5.74, 6) is 0. The number of pyridine rings is 1. The molecule has 3 aromatic rings. The molecule has 0 fully saturated rings. The Balaban J connectivity index is 2.33. The summed E-state index contributed by atoms with van der Waals surface area (Å²) in [5.41, 5.74) is 2.51. The molecule has 0 spiro atoms. The van der Waals surface area contributed by atoms with Gasteiger partial charge in [0.25, 0.3) is 0 Å². The highest BCUT2D eigenvalue weighted by atomic mass is 35.5. The van der Waals surface area contributed by atoms with E-state index in [1.54, 1.807) is 17.4 Å². The quantitative estimate of drug-likeness (QED) is 0.698. The fourth-order valence-corrected chi connectivity index (χ4v) is 2.44. The number of halogens is 1. The molecule has 0 saturated carbocycles. The van der Waals surface area contributed by atoms with Crippen LogP contribution in [0.4, 0.5) is 0 Å². The third kappa shape index (κ3) is 1.45. The molecule has 3 aromatic heterocycles. The highest BCUT2D eigenvalue weighted by Crippen LogP contribution is 2.29. The zero-order valence-electron chi connectivity index (χ0n) is 7.95. The number of H-pyrrole nitrogens is 2. The lowest BCUT2D eigenvalue weighted by Gasteiger charge is -2.00. The van der Waals surface area contributed by atoms with Crippen molar-refractivity contribution >= 4 is 34.1 Å². The number of hydrogen-bond donors (Lipinski definition) is 2. The molecule has 6 heteroatoms. The van der Waals surface area contributed by atoms with E-state index in [1.165, 1.54) is 0 Å². The van der Waals surface area contributed by atoms with Crippen molar-refractivity contribution in [2.75, 3.05) is 0 Å². The Morgan fingerprint density at radius 2 is 2.25 bits per heavy atom. The maximum atomic E-state index is 11.1. The number of nitrogens with zero attached hydrogens (tertiary/aromatic N) is 1. The molecule has 0 unspecified atom stereocenters. The van der Waals surface area contributed by atoms with Gasteiger partial charge in [-0.25, -0.2) is 9.78 Å². The average molecular weight is 252 g/mol. The van der Waals surface area contributed by atoms with E-state index in [4.69, 9.17) is 11.6 Å². The summed E-state index contributed by atoms with van der Waals surface area (Å²) in [6, 6.07) is 3.64. The van der Waals surface area contributed by atoms with Gasteiger partial charge in [0.15, 0.2) is 5.65 Å². The number of rotatable bonds is 1. The molecule has 0 bridgehead atoms. The summed E-state index contributed by atoms with van der Waals surface area (Å²) in [4.78, 5) is 20.7. The standard InChI is InChI=1S/C10H6ClN3OS/c11-6-3-7-9(14-10(15)12-7)13-8(6)5-1-2-16-4-5/h1-4H,(H2,12,13,14,15). The molecule has 3 heterocycles.